The molecule has 1 aromatic carbocycles. The van der Waals surface area contributed by atoms with E-state index in [0.717, 1.165) is 58.9 Å². The molecule has 0 fully saturated rings. The van der Waals surface area contributed by atoms with Gasteiger partial charge < -0.3 is 30.7 Å². The normalized spacial score (nSPS) is 11.5. The van der Waals surface area contributed by atoms with Crippen LogP contribution in [0.4, 0.5) is 0 Å². The summed E-state index contributed by atoms with van der Waals surface area (Å²) in [4.78, 5) is 6.72. The number of benzene rings is 1. The molecule has 0 atom stereocenters. The van der Waals surface area contributed by atoms with Crippen molar-refractivity contribution in [3.05, 3.63) is 34.9 Å². The Labute approximate surface area is 198 Å². The van der Waals surface area contributed by atoms with E-state index in [1.807, 2.05) is 0 Å². The number of nitrogens with zero attached hydrogens (tertiary/aromatic N) is 3. The van der Waals surface area contributed by atoms with Crippen molar-refractivity contribution in [2.24, 2.45) is 0 Å². The van der Waals surface area contributed by atoms with Gasteiger partial charge in [-0.1, -0.05) is 18.2 Å². The van der Waals surface area contributed by atoms with E-state index in [1.54, 1.807) is 0 Å². The molecule has 0 unspecified atom stereocenters. The van der Waals surface area contributed by atoms with Crippen molar-refractivity contribution in [3.63, 3.8) is 0 Å². The van der Waals surface area contributed by atoms with Crippen molar-refractivity contribution in [1.82, 2.24) is 30.7 Å². The lowest BCUT2D eigenvalue weighted by Gasteiger charge is -2.14. The van der Waals surface area contributed by atoms with Gasteiger partial charge in [0.05, 0.1) is 0 Å². The molecule has 3 N–H and O–H groups in total. The predicted octanol–water partition coefficient (Wildman–Crippen LogP) is 2.23. The van der Waals surface area contributed by atoms with Gasteiger partial charge >= 0.3 is 0 Å². The lowest BCUT2D eigenvalue weighted by atomic mass is 10.0. The quantitative estimate of drug-likeness (QED) is 0.294. The van der Waals surface area contributed by atoms with Gasteiger partial charge in [-0.2, -0.15) is 0 Å². The molecular formula is C24H49ClN6. The van der Waals surface area contributed by atoms with E-state index < -0.39 is 0 Å². The summed E-state index contributed by atoms with van der Waals surface area (Å²) in [7, 11) is 12.8. The number of hydrogen-bond donors (Lipinski definition) is 3. The second-order valence-corrected chi connectivity index (χ2v) is 9.16. The van der Waals surface area contributed by atoms with Crippen molar-refractivity contribution in [2.75, 3.05) is 81.6 Å². The van der Waals surface area contributed by atoms with Crippen LogP contribution in [0, 0.1) is 0 Å². The van der Waals surface area contributed by atoms with Crippen molar-refractivity contribution in [2.45, 2.75) is 38.9 Å². The molecule has 0 amide bonds. The third-order valence-corrected chi connectivity index (χ3v) is 4.98. The van der Waals surface area contributed by atoms with Gasteiger partial charge in [-0.25, -0.2) is 0 Å². The molecule has 0 aliphatic carbocycles. The summed E-state index contributed by atoms with van der Waals surface area (Å²) < 4.78 is 0. The Hall–Kier alpha value is -0.730. The summed E-state index contributed by atoms with van der Waals surface area (Å²) in [6.45, 7) is 9.39. The van der Waals surface area contributed by atoms with Gasteiger partial charge in [-0.15, -0.1) is 12.4 Å². The molecule has 6 nitrogen and oxygen atoms in total. The number of nitrogens with one attached hydrogen (secondary N) is 3. The Kier molecular flexibility index (Phi) is 18.4. The highest BCUT2D eigenvalue weighted by atomic mass is 35.5. The van der Waals surface area contributed by atoms with E-state index in [-0.39, 0.29) is 12.4 Å². The molecule has 0 aromatic heterocycles. The van der Waals surface area contributed by atoms with E-state index in [9.17, 15) is 0 Å². The summed E-state index contributed by atoms with van der Waals surface area (Å²) >= 11 is 0. The minimum absolute atomic E-state index is 0. The fourth-order valence-corrected chi connectivity index (χ4v) is 3.40. The molecule has 0 aliphatic heterocycles. The van der Waals surface area contributed by atoms with Crippen molar-refractivity contribution >= 4 is 12.4 Å². The van der Waals surface area contributed by atoms with Crippen LogP contribution in [-0.4, -0.2) is 96.3 Å². The van der Waals surface area contributed by atoms with E-state index in [4.69, 9.17) is 0 Å². The molecule has 0 heterocycles. The van der Waals surface area contributed by atoms with Crippen molar-refractivity contribution < 1.29 is 0 Å². The van der Waals surface area contributed by atoms with E-state index in [2.05, 4.69) is 91.1 Å². The first-order valence-electron chi connectivity index (χ1n) is 11.5. The van der Waals surface area contributed by atoms with Crippen LogP contribution in [0.2, 0.25) is 0 Å². The Morgan fingerprint density at radius 2 is 0.774 bits per heavy atom. The molecule has 31 heavy (non-hydrogen) atoms. The van der Waals surface area contributed by atoms with Crippen LogP contribution in [0.5, 0.6) is 0 Å². The van der Waals surface area contributed by atoms with Gasteiger partial charge in [0.2, 0.25) is 0 Å². The van der Waals surface area contributed by atoms with Crippen molar-refractivity contribution in [3.8, 4) is 0 Å². The number of hydrogen-bond acceptors (Lipinski definition) is 6. The monoisotopic (exact) mass is 456 g/mol. The van der Waals surface area contributed by atoms with Crippen LogP contribution < -0.4 is 16.0 Å². The smallest absolute Gasteiger partial charge is 0.0205 e. The van der Waals surface area contributed by atoms with Gasteiger partial charge in [0.15, 0.2) is 0 Å². The third-order valence-electron chi connectivity index (χ3n) is 4.98. The maximum absolute atomic E-state index is 3.61. The highest BCUT2D eigenvalue weighted by molar-refractivity contribution is 5.85. The van der Waals surface area contributed by atoms with E-state index in [1.165, 1.54) is 36.0 Å². The Bertz CT molecular complexity index is 462. The first-order valence-corrected chi connectivity index (χ1v) is 11.5. The number of halogens is 1. The summed E-state index contributed by atoms with van der Waals surface area (Å²) in [5.41, 5.74) is 4.16. The maximum atomic E-state index is 3.61. The molecule has 1 aromatic rings. The van der Waals surface area contributed by atoms with Gasteiger partial charge in [0.1, 0.15) is 0 Å². The first kappa shape index (κ1) is 30.3. The zero-order valence-corrected chi connectivity index (χ0v) is 21.8. The van der Waals surface area contributed by atoms with Gasteiger partial charge in [0.25, 0.3) is 0 Å². The average molecular weight is 457 g/mol. The van der Waals surface area contributed by atoms with Crippen LogP contribution in [0.15, 0.2) is 18.2 Å². The zero-order valence-electron chi connectivity index (χ0n) is 21.0. The Morgan fingerprint density at radius 1 is 0.516 bits per heavy atom. The molecule has 0 radical (unpaired) electrons. The first-order chi connectivity index (χ1) is 14.4. The minimum Gasteiger partial charge on any atom is -0.313 e. The molecular weight excluding hydrogens is 408 g/mol. The highest BCUT2D eigenvalue weighted by Crippen LogP contribution is 2.11. The summed E-state index contributed by atoms with van der Waals surface area (Å²) in [5, 5.41) is 10.8. The molecule has 0 saturated carbocycles. The fourth-order valence-electron chi connectivity index (χ4n) is 3.40. The molecule has 7 heteroatoms. The Balaban J connectivity index is 0.00000900. The van der Waals surface area contributed by atoms with E-state index >= 15 is 0 Å². The largest absolute Gasteiger partial charge is 0.313 e. The summed E-state index contributed by atoms with van der Waals surface area (Å²) in [5.74, 6) is 0. The summed E-state index contributed by atoms with van der Waals surface area (Å²) in [6, 6.07) is 7.06. The topological polar surface area (TPSA) is 45.8 Å². The van der Waals surface area contributed by atoms with Crippen LogP contribution >= 0.6 is 12.4 Å². The average Bonchev–Trinajstić information content (AvgIpc) is 2.66. The van der Waals surface area contributed by atoms with Crippen molar-refractivity contribution in [1.29, 1.82) is 0 Å². The highest BCUT2D eigenvalue weighted by Gasteiger charge is 2.03. The predicted molar refractivity (Wildman–Crippen MR) is 138 cm³/mol. The molecule has 182 valence electrons. The number of rotatable bonds is 18. The van der Waals surface area contributed by atoms with Crippen LogP contribution in [0.1, 0.15) is 36.0 Å². The third kappa shape index (κ3) is 17.5. The minimum atomic E-state index is 0. The lowest BCUT2D eigenvalue weighted by molar-refractivity contribution is 0.394. The second kappa shape index (κ2) is 18.8. The van der Waals surface area contributed by atoms with Crippen LogP contribution in [-0.2, 0) is 19.6 Å². The molecule has 0 aliphatic rings. The fraction of sp³-hybridized carbons (Fsp3) is 0.750. The van der Waals surface area contributed by atoms with Gasteiger partial charge in [-0.3, -0.25) is 0 Å². The maximum Gasteiger partial charge on any atom is 0.0205 e. The second-order valence-electron chi connectivity index (χ2n) is 9.16. The van der Waals surface area contributed by atoms with Crippen LogP contribution in [0.3, 0.4) is 0 Å². The molecule has 0 saturated heterocycles. The molecule has 1 rings (SSSR count). The molecule has 0 bridgehead atoms. The van der Waals surface area contributed by atoms with Crippen LogP contribution in [0.25, 0.3) is 0 Å². The standard InChI is InChI=1S/C24H48N6.ClH/c1-28(2)13-7-10-25-19-22-16-23(20-26-11-8-14-29(3)4)18-24(17-22)21-27-12-9-15-30(5)6;/h16-18,25-27H,7-15,19-21H2,1-6H3;1H. The Morgan fingerprint density at radius 3 is 1.00 bits per heavy atom. The zero-order chi connectivity index (χ0) is 22.2. The lowest BCUT2D eigenvalue weighted by Crippen LogP contribution is -2.23. The van der Waals surface area contributed by atoms with Gasteiger partial charge in [0, 0.05) is 19.6 Å². The molecule has 0 spiro atoms. The summed E-state index contributed by atoms with van der Waals surface area (Å²) in [6.07, 6.45) is 3.54. The van der Waals surface area contributed by atoms with Gasteiger partial charge in [-0.05, 0) is 118 Å². The van der Waals surface area contributed by atoms with E-state index in [0.29, 0.717) is 0 Å². The SMILES string of the molecule is CN(C)CCCNCc1cc(CNCCCN(C)C)cc(CNCCCN(C)C)c1.Cl.